The summed E-state index contributed by atoms with van der Waals surface area (Å²) >= 11 is 6.01. The number of hydrogen-bond donors (Lipinski definition) is 2. The molecule has 7 heteroatoms. The normalized spacial score (nSPS) is 10.3. The average Bonchev–Trinajstić information content (AvgIpc) is 2.60. The Labute approximate surface area is 156 Å². The molecule has 2 aromatic rings. The molecule has 0 saturated carbocycles. The molecule has 0 spiro atoms. The Balaban J connectivity index is 2.17. The number of carboxylic acids is 1. The van der Waals surface area contributed by atoms with Gasteiger partial charge in [-0.25, -0.2) is 4.79 Å². The molecule has 2 aromatic carbocycles. The minimum Gasteiger partial charge on any atom is -0.493 e. The van der Waals surface area contributed by atoms with Gasteiger partial charge in [-0.2, -0.15) is 0 Å². The standard InChI is InChI=1S/C19H20ClNO5/c1-3-8-25-17-7-4-13(20)10-15(17)19(24)21-16-6-5-14(9-12(16)2)26-11-18(22)23/h4-7,9-10H,3,8,11H2,1-2H3,(H,21,24)(H,22,23). The van der Waals surface area contributed by atoms with Crippen LogP contribution in [0.15, 0.2) is 36.4 Å². The van der Waals surface area contributed by atoms with E-state index in [-0.39, 0.29) is 5.91 Å². The molecule has 2 N–H and O–H groups in total. The third kappa shape index (κ3) is 5.39. The second-order valence-corrected chi connectivity index (χ2v) is 6.04. The van der Waals surface area contributed by atoms with E-state index in [9.17, 15) is 9.59 Å². The van der Waals surface area contributed by atoms with Crippen molar-refractivity contribution in [2.45, 2.75) is 20.3 Å². The first-order valence-corrected chi connectivity index (χ1v) is 8.47. The molecule has 0 radical (unpaired) electrons. The molecule has 0 saturated heterocycles. The van der Waals surface area contributed by atoms with Crippen LogP contribution in [0, 0.1) is 6.92 Å². The second-order valence-electron chi connectivity index (χ2n) is 5.60. The van der Waals surface area contributed by atoms with Crippen molar-refractivity contribution in [2.75, 3.05) is 18.5 Å². The molecule has 0 heterocycles. The number of aliphatic carboxylic acids is 1. The van der Waals surface area contributed by atoms with E-state index in [1.54, 1.807) is 43.3 Å². The number of carboxylic acid groups (broad SMARTS) is 1. The van der Waals surface area contributed by atoms with Crippen molar-refractivity contribution in [1.82, 2.24) is 0 Å². The van der Waals surface area contributed by atoms with E-state index in [0.717, 1.165) is 12.0 Å². The molecule has 1 amide bonds. The number of rotatable bonds is 8. The molecule has 0 unspecified atom stereocenters. The van der Waals surface area contributed by atoms with E-state index in [0.29, 0.717) is 34.4 Å². The zero-order chi connectivity index (χ0) is 19.1. The highest BCUT2D eigenvalue weighted by atomic mass is 35.5. The lowest BCUT2D eigenvalue weighted by atomic mass is 10.1. The van der Waals surface area contributed by atoms with Crippen LogP contribution >= 0.6 is 11.6 Å². The number of nitrogens with one attached hydrogen (secondary N) is 1. The van der Waals surface area contributed by atoms with Crippen molar-refractivity contribution in [1.29, 1.82) is 0 Å². The topological polar surface area (TPSA) is 84.9 Å². The van der Waals surface area contributed by atoms with Crippen molar-refractivity contribution >= 4 is 29.2 Å². The van der Waals surface area contributed by atoms with E-state index in [2.05, 4.69) is 5.32 Å². The average molecular weight is 378 g/mol. The Morgan fingerprint density at radius 1 is 1.15 bits per heavy atom. The zero-order valence-electron chi connectivity index (χ0n) is 14.5. The Bertz CT molecular complexity index is 807. The highest BCUT2D eigenvalue weighted by Gasteiger charge is 2.15. The molecule has 0 bridgehead atoms. The molecular weight excluding hydrogens is 358 g/mol. The fourth-order valence-corrected chi connectivity index (χ4v) is 2.39. The summed E-state index contributed by atoms with van der Waals surface area (Å²) in [4.78, 5) is 23.2. The Morgan fingerprint density at radius 3 is 2.58 bits per heavy atom. The third-order valence-electron chi connectivity index (χ3n) is 3.46. The highest BCUT2D eigenvalue weighted by Crippen LogP contribution is 2.26. The smallest absolute Gasteiger partial charge is 0.341 e. The summed E-state index contributed by atoms with van der Waals surface area (Å²) in [5.74, 6) is -0.521. The summed E-state index contributed by atoms with van der Waals surface area (Å²) in [6.45, 7) is 3.84. The summed E-state index contributed by atoms with van der Waals surface area (Å²) in [6.07, 6.45) is 0.820. The number of amides is 1. The number of aryl methyl sites for hydroxylation is 1. The second kappa shape index (κ2) is 9.10. The monoisotopic (exact) mass is 377 g/mol. The van der Waals surface area contributed by atoms with Crippen molar-refractivity contribution in [3.63, 3.8) is 0 Å². The van der Waals surface area contributed by atoms with Crippen LogP contribution in [-0.2, 0) is 4.79 Å². The molecular formula is C19H20ClNO5. The molecule has 0 aliphatic rings. The SMILES string of the molecule is CCCOc1ccc(Cl)cc1C(=O)Nc1ccc(OCC(=O)O)cc1C. The van der Waals surface area contributed by atoms with Crippen LogP contribution in [-0.4, -0.2) is 30.2 Å². The van der Waals surface area contributed by atoms with E-state index >= 15 is 0 Å². The molecule has 26 heavy (non-hydrogen) atoms. The fourth-order valence-electron chi connectivity index (χ4n) is 2.22. The lowest BCUT2D eigenvalue weighted by Crippen LogP contribution is -2.15. The third-order valence-corrected chi connectivity index (χ3v) is 3.69. The quantitative estimate of drug-likeness (QED) is 0.721. The molecule has 138 valence electrons. The minimum atomic E-state index is -1.06. The summed E-state index contributed by atoms with van der Waals surface area (Å²) in [5, 5.41) is 11.9. The molecule has 0 atom stereocenters. The van der Waals surface area contributed by atoms with Crippen LogP contribution in [0.3, 0.4) is 0 Å². The van der Waals surface area contributed by atoms with Crippen molar-refractivity contribution in [2.24, 2.45) is 0 Å². The van der Waals surface area contributed by atoms with Crippen LogP contribution in [0.2, 0.25) is 5.02 Å². The van der Waals surface area contributed by atoms with Crippen LogP contribution < -0.4 is 14.8 Å². The first-order chi connectivity index (χ1) is 12.4. The lowest BCUT2D eigenvalue weighted by molar-refractivity contribution is -0.139. The number of hydrogen-bond acceptors (Lipinski definition) is 4. The van der Waals surface area contributed by atoms with Gasteiger partial charge in [0.25, 0.3) is 5.91 Å². The van der Waals surface area contributed by atoms with Gasteiger partial charge < -0.3 is 19.9 Å². The summed E-state index contributed by atoms with van der Waals surface area (Å²) in [7, 11) is 0. The van der Waals surface area contributed by atoms with Gasteiger partial charge in [-0.05, 0) is 55.3 Å². The highest BCUT2D eigenvalue weighted by molar-refractivity contribution is 6.31. The van der Waals surface area contributed by atoms with E-state index < -0.39 is 12.6 Å². The van der Waals surface area contributed by atoms with Crippen molar-refractivity contribution < 1.29 is 24.2 Å². The van der Waals surface area contributed by atoms with Gasteiger partial charge in [0.15, 0.2) is 6.61 Å². The van der Waals surface area contributed by atoms with E-state index in [4.69, 9.17) is 26.2 Å². The zero-order valence-corrected chi connectivity index (χ0v) is 15.3. The predicted molar refractivity (Wildman–Crippen MR) is 99.5 cm³/mol. The Hall–Kier alpha value is -2.73. The Morgan fingerprint density at radius 2 is 1.92 bits per heavy atom. The van der Waals surface area contributed by atoms with Gasteiger partial charge in [0.2, 0.25) is 0 Å². The first kappa shape index (κ1) is 19.6. The number of benzene rings is 2. The van der Waals surface area contributed by atoms with Gasteiger partial charge in [-0.1, -0.05) is 18.5 Å². The maximum atomic E-state index is 12.6. The van der Waals surface area contributed by atoms with E-state index in [1.165, 1.54) is 0 Å². The molecule has 0 aromatic heterocycles. The summed E-state index contributed by atoms with van der Waals surface area (Å²) in [6, 6.07) is 9.80. The van der Waals surface area contributed by atoms with Crippen LogP contribution in [0.1, 0.15) is 29.3 Å². The number of carbonyl (C=O) groups is 2. The fraction of sp³-hybridized carbons (Fsp3) is 0.263. The minimum absolute atomic E-state index is 0.344. The van der Waals surface area contributed by atoms with Gasteiger partial charge in [0.1, 0.15) is 11.5 Å². The van der Waals surface area contributed by atoms with Crippen molar-refractivity contribution in [3.8, 4) is 11.5 Å². The predicted octanol–water partition coefficient (Wildman–Crippen LogP) is 4.15. The van der Waals surface area contributed by atoms with Crippen molar-refractivity contribution in [3.05, 3.63) is 52.5 Å². The van der Waals surface area contributed by atoms with Gasteiger partial charge in [-0.3, -0.25) is 4.79 Å². The molecule has 0 aliphatic heterocycles. The largest absolute Gasteiger partial charge is 0.493 e. The van der Waals surface area contributed by atoms with Crippen LogP contribution in [0.4, 0.5) is 5.69 Å². The molecule has 0 aliphatic carbocycles. The summed E-state index contributed by atoms with van der Waals surface area (Å²) < 4.78 is 10.7. The maximum Gasteiger partial charge on any atom is 0.341 e. The van der Waals surface area contributed by atoms with Gasteiger partial charge in [0.05, 0.1) is 12.2 Å². The Kier molecular flexibility index (Phi) is 6.86. The molecule has 2 rings (SSSR count). The lowest BCUT2D eigenvalue weighted by Gasteiger charge is -2.14. The maximum absolute atomic E-state index is 12.6. The van der Waals surface area contributed by atoms with Gasteiger partial charge in [-0.15, -0.1) is 0 Å². The van der Waals surface area contributed by atoms with Gasteiger partial charge in [0, 0.05) is 10.7 Å². The van der Waals surface area contributed by atoms with Crippen LogP contribution in [0.25, 0.3) is 0 Å². The number of anilines is 1. The number of halogens is 1. The summed E-state index contributed by atoms with van der Waals surface area (Å²) in [5.41, 5.74) is 1.66. The number of ether oxygens (including phenoxy) is 2. The van der Waals surface area contributed by atoms with Gasteiger partial charge >= 0.3 is 5.97 Å². The van der Waals surface area contributed by atoms with E-state index in [1.807, 2.05) is 6.92 Å². The first-order valence-electron chi connectivity index (χ1n) is 8.09. The molecule has 0 fully saturated rings. The number of carbonyl (C=O) groups excluding carboxylic acids is 1. The van der Waals surface area contributed by atoms with Crippen LogP contribution in [0.5, 0.6) is 11.5 Å². The molecule has 6 nitrogen and oxygen atoms in total.